The molecule has 0 fully saturated rings. The molecule has 0 bridgehead atoms. The van der Waals surface area contributed by atoms with Crippen molar-refractivity contribution in [3.05, 3.63) is 45.9 Å². The number of terminal acetylenes is 1. The van der Waals surface area contributed by atoms with Gasteiger partial charge in [-0.15, -0.1) is 41.7 Å². The summed E-state index contributed by atoms with van der Waals surface area (Å²) in [5.74, 6) is 4.15. The zero-order valence-electron chi connectivity index (χ0n) is 16.1. The van der Waals surface area contributed by atoms with Crippen LogP contribution in [0.5, 0.6) is 5.75 Å². The molecule has 0 aliphatic heterocycles. The van der Waals surface area contributed by atoms with Crippen molar-refractivity contribution in [2.45, 2.75) is 26.8 Å². The number of nitrogens with zero attached hydrogens (tertiary/aromatic N) is 3. The summed E-state index contributed by atoms with van der Waals surface area (Å²) in [6.07, 6.45) is 6.07. The molecule has 1 aromatic heterocycles. The smallest absolute Gasteiger partial charge is 0.194 e. The van der Waals surface area contributed by atoms with E-state index in [1.807, 2.05) is 26.1 Å². The number of thiazole rings is 1. The maximum Gasteiger partial charge on any atom is 0.194 e. The van der Waals surface area contributed by atoms with E-state index < -0.39 is 0 Å². The quantitative estimate of drug-likeness (QED) is 0.261. The molecule has 1 aromatic carbocycles. The third-order valence-corrected chi connectivity index (χ3v) is 4.49. The first-order chi connectivity index (χ1) is 12.6. The van der Waals surface area contributed by atoms with Gasteiger partial charge in [0.15, 0.2) is 5.96 Å². The molecule has 7 heteroatoms. The van der Waals surface area contributed by atoms with Crippen LogP contribution in [0.15, 0.2) is 34.6 Å². The molecular weight excluding hydrogens is 471 g/mol. The molecule has 2 rings (SSSR count). The van der Waals surface area contributed by atoms with Gasteiger partial charge >= 0.3 is 0 Å². The highest BCUT2D eigenvalue weighted by molar-refractivity contribution is 14.0. The molecule has 2 aromatic rings. The Morgan fingerprint density at radius 1 is 1.37 bits per heavy atom. The van der Waals surface area contributed by atoms with Gasteiger partial charge in [0, 0.05) is 25.5 Å². The predicted molar refractivity (Wildman–Crippen MR) is 124 cm³/mol. The van der Waals surface area contributed by atoms with Gasteiger partial charge in [-0.05, 0) is 38.0 Å². The van der Waals surface area contributed by atoms with Crippen LogP contribution in [0.25, 0.3) is 0 Å². The molecule has 0 atom stereocenters. The van der Waals surface area contributed by atoms with Gasteiger partial charge in [-0.2, -0.15) is 0 Å². The minimum absolute atomic E-state index is 0. The van der Waals surface area contributed by atoms with Crippen LogP contribution in [0.4, 0.5) is 0 Å². The number of hydrogen-bond donors (Lipinski definition) is 1. The predicted octanol–water partition coefficient (Wildman–Crippen LogP) is 3.72. The van der Waals surface area contributed by atoms with Crippen molar-refractivity contribution in [3.8, 4) is 18.1 Å². The number of benzene rings is 1. The Morgan fingerprint density at radius 2 is 2.11 bits per heavy atom. The molecule has 0 amide bonds. The third kappa shape index (κ3) is 8.18. The number of aromatic nitrogens is 1. The number of guanidine groups is 1. The van der Waals surface area contributed by atoms with E-state index in [2.05, 4.69) is 45.6 Å². The van der Waals surface area contributed by atoms with E-state index in [9.17, 15) is 0 Å². The van der Waals surface area contributed by atoms with E-state index >= 15 is 0 Å². The Balaban J connectivity index is 0.00000364. The van der Waals surface area contributed by atoms with Crippen LogP contribution in [-0.4, -0.2) is 42.6 Å². The monoisotopic (exact) mass is 498 g/mol. The standard InChI is InChI=1S/C20H26N4OS.HI/c1-5-13-25-19-9-7-17(8-10-19)11-12-22-20(21-6-2)24(4)14-18-15-26-16(3)23-18;/h1,7-10,15H,6,11-14H2,2-4H3,(H,21,22);1H. The summed E-state index contributed by atoms with van der Waals surface area (Å²) in [4.78, 5) is 11.4. The van der Waals surface area contributed by atoms with E-state index in [1.165, 1.54) is 5.56 Å². The highest BCUT2D eigenvalue weighted by Gasteiger charge is 2.08. The highest BCUT2D eigenvalue weighted by Crippen LogP contribution is 2.13. The van der Waals surface area contributed by atoms with Crippen molar-refractivity contribution in [2.24, 2.45) is 4.99 Å². The van der Waals surface area contributed by atoms with Crippen molar-refractivity contribution in [2.75, 3.05) is 26.7 Å². The fourth-order valence-electron chi connectivity index (χ4n) is 2.44. The summed E-state index contributed by atoms with van der Waals surface area (Å²) in [7, 11) is 2.04. The van der Waals surface area contributed by atoms with Crippen molar-refractivity contribution in [3.63, 3.8) is 0 Å². The van der Waals surface area contributed by atoms with Gasteiger partial charge in [-0.1, -0.05) is 18.1 Å². The van der Waals surface area contributed by atoms with Gasteiger partial charge in [0.1, 0.15) is 12.4 Å². The van der Waals surface area contributed by atoms with Gasteiger partial charge in [-0.25, -0.2) is 4.98 Å². The van der Waals surface area contributed by atoms with Crippen molar-refractivity contribution >= 4 is 41.3 Å². The van der Waals surface area contributed by atoms with E-state index in [0.29, 0.717) is 13.2 Å². The number of aliphatic imine (C=N–C) groups is 1. The average Bonchev–Trinajstić information content (AvgIpc) is 3.05. The van der Waals surface area contributed by atoms with Crippen LogP contribution in [0.3, 0.4) is 0 Å². The van der Waals surface area contributed by atoms with Crippen LogP contribution in [-0.2, 0) is 13.0 Å². The average molecular weight is 498 g/mol. The first-order valence-corrected chi connectivity index (χ1v) is 9.56. The van der Waals surface area contributed by atoms with Crippen molar-refractivity contribution in [1.82, 2.24) is 15.2 Å². The SMILES string of the molecule is C#CCOc1ccc(CCN=C(NCC)N(C)Cc2csc(C)n2)cc1.I. The summed E-state index contributed by atoms with van der Waals surface area (Å²) >= 11 is 1.67. The first kappa shape index (κ1) is 23.2. The largest absolute Gasteiger partial charge is 0.481 e. The molecule has 0 aliphatic carbocycles. The lowest BCUT2D eigenvalue weighted by Gasteiger charge is -2.21. The maximum absolute atomic E-state index is 5.39. The number of halogens is 1. The lowest BCUT2D eigenvalue weighted by atomic mass is 10.1. The topological polar surface area (TPSA) is 49.8 Å². The van der Waals surface area contributed by atoms with Gasteiger partial charge in [-0.3, -0.25) is 4.99 Å². The summed E-state index contributed by atoms with van der Waals surface area (Å²) in [6, 6.07) is 7.99. The molecule has 0 saturated carbocycles. The minimum atomic E-state index is 0. The third-order valence-electron chi connectivity index (χ3n) is 3.67. The lowest BCUT2D eigenvalue weighted by Crippen LogP contribution is -2.38. The zero-order chi connectivity index (χ0) is 18.8. The Hall–Kier alpha value is -1.79. The maximum atomic E-state index is 5.39. The molecule has 27 heavy (non-hydrogen) atoms. The van der Waals surface area contributed by atoms with Crippen LogP contribution >= 0.6 is 35.3 Å². The van der Waals surface area contributed by atoms with E-state index in [0.717, 1.165) is 41.9 Å². The van der Waals surface area contributed by atoms with E-state index in [4.69, 9.17) is 16.2 Å². The van der Waals surface area contributed by atoms with Crippen LogP contribution in [0, 0.1) is 19.3 Å². The normalized spacial score (nSPS) is 10.7. The summed E-state index contributed by atoms with van der Waals surface area (Å²) in [5.41, 5.74) is 2.29. The molecule has 1 N–H and O–H groups in total. The number of ether oxygens (including phenoxy) is 1. The van der Waals surface area contributed by atoms with Crippen molar-refractivity contribution < 1.29 is 4.74 Å². The van der Waals surface area contributed by atoms with E-state index in [-0.39, 0.29) is 24.0 Å². The minimum Gasteiger partial charge on any atom is -0.481 e. The second-order valence-electron chi connectivity index (χ2n) is 5.84. The summed E-state index contributed by atoms with van der Waals surface area (Å²) in [6.45, 7) is 6.69. The lowest BCUT2D eigenvalue weighted by molar-refractivity contribution is 0.370. The Bertz CT molecular complexity index is 752. The Kier molecular flexibility index (Phi) is 10.8. The molecule has 0 radical (unpaired) electrons. The molecule has 146 valence electrons. The number of hydrogen-bond acceptors (Lipinski definition) is 4. The fourth-order valence-corrected chi connectivity index (χ4v) is 3.04. The molecule has 0 spiro atoms. The molecule has 0 unspecified atom stereocenters. The van der Waals surface area contributed by atoms with Crippen LogP contribution in [0.2, 0.25) is 0 Å². The molecule has 0 saturated heterocycles. The number of rotatable bonds is 8. The van der Waals surface area contributed by atoms with Crippen LogP contribution < -0.4 is 10.1 Å². The molecule has 0 aliphatic rings. The highest BCUT2D eigenvalue weighted by atomic mass is 127. The molecule has 5 nitrogen and oxygen atoms in total. The van der Waals surface area contributed by atoms with Gasteiger partial charge in [0.2, 0.25) is 0 Å². The summed E-state index contributed by atoms with van der Waals surface area (Å²) in [5, 5.41) is 6.53. The van der Waals surface area contributed by atoms with Crippen LogP contribution in [0.1, 0.15) is 23.2 Å². The zero-order valence-corrected chi connectivity index (χ0v) is 19.2. The fraction of sp³-hybridized carbons (Fsp3) is 0.400. The summed E-state index contributed by atoms with van der Waals surface area (Å²) < 4.78 is 5.39. The second-order valence-corrected chi connectivity index (χ2v) is 6.90. The van der Waals surface area contributed by atoms with Gasteiger partial charge < -0.3 is 15.0 Å². The van der Waals surface area contributed by atoms with Gasteiger partial charge in [0.25, 0.3) is 0 Å². The first-order valence-electron chi connectivity index (χ1n) is 8.68. The van der Waals surface area contributed by atoms with Crippen molar-refractivity contribution in [1.29, 1.82) is 0 Å². The Labute approximate surface area is 183 Å². The van der Waals surface area contributed by atoms with Gasteiger partial charge in [0.05, 0.1) is 17.2 Å². The number of nitrogens with one attached hydrogen (secondary N) is 1. The number of aryl methyl sites for hydroxylation is 1. The van der Waals surface area contributed by atoms with E-state index in [1.54, 1.807) is 11.3 Å². The molecular formula is C20H27IN4OS. The Morgan fingerprint density at radius 3 is 2.70 bits per heavy atom. The second kappa shape index (κ2) is 12.6. The molecule has 1 heterocycles.